The summed E-state index contributed by atoms with van der Waals surface area (Å²) in [5, 5.41) is 8.81. The normalized spacial score (nSPS) is 20.6. The van der Waals surface area contributed by atoms with Gasteiger partial charge in [0.25, 0.3) is 0 Å². The SMILES string of the molecule is CN(C)c1nc(CNC(=O)NC2CCC3(CC2)OCCO3)cs1. The molecule has 1 saturated carbocycles. The first-order chi connectivity index (χ1) is 11.1. The van der Waals surface area contributed by atoms with Crippen LogP contribution in [0.15, 0.2) is 5.38 Å². The monoisotopic (exact) mass is 340 g/mol. The number of hydrogen-bond donors (Lipinski definition) is 2. The van der Waals surface area contributed by atoms with Crippen molar-refractivity contribution in [3.05, 3.63) is 11.1 Å². The number of rotatable bonds is 4. The van der Waals surface area contributed by atoms with Crippen molar-refractivity contribution in [1.82, 2.24) is 15.6 Å². The molecule has 1 aliphatic carbocycles. The highest BCUT2D eigenvalue weighted by atomic mass is 32.1. The minimum atomic E-state index is -0.377. The average Bonchev–Trinajstić information content (AvgIpc) is 3.18. The molecule has 0 radical (unpaired) electrons. The summed E-state index contributed by atoms with van der Waals surface area (Å²) in [7, 11) is 3.91. The standard InChI is InChI=1S/C15H24N4O3S/c1-19(2)14-18-12(10-23-14)9-16-13(20)17-11-3-5-15(6-4-11)21-7-8-22-15/h10-11H,3-9H2,1-2H3,(H2,16,17,20). The molecule has 2 fully saturated rings. The molecular formula is C15H24N4O3S. The second-order valence-electron chi connectivity index (χ2n) is 6.22. The molecule has 2 amide bonds. The molecule has 0 aromatic carbocycles. The Morgan fingerprint density at radius 2 is 2.09 bits per heavy atom. The summed E-state index contributed by atoms with van der Waals surface area (Å²) in [5.41, 5.74) is 0.879. The van der Waals surface area contributed by atoms with E-state index in [-0.39, 0.29) is 17.9 Å². The van der Waals surface area contributed by atoms with E-state index in [2.05, 4.69) is 15.6 Å². The van der Waals surface area contributed by atoms with Gasteiger partial charge in [-0.2, -0.15) is 0 Å². The molecular weight excluding hydrogens is 316 g/mol. The number of nitrogens with zero attached hydrogens (tertiary/aromatic N) is 2. The first-order valence-electron chi connectivity index (χ1n) is 8.00. The number of thiazole rings is 1. The van der Waals surface area contributed by atoms with Gasteiger partial charge in [-0.15, -0.1) is 11.3 Å². The fourth-order valence-electron chi connectivity index (χ4n) is 2.98. The summed E-state index contributed by atoms with van der Waals surface area (Å²) in [6.07, 6.45) is 3.45. The van der Waals surface area contributed by atoms with E-state index in [1.54, 1.807) is 11.3 Å². The Hall–Kier alpha value is -1.38. The van der Waals surface area contributed by atoms with Crippen molar-refractivity contribution in [3.8, 4) is 0 Å². The van der Waals surface area contributed by atoms with Gasteiger partial charge in [-0.05, 0) is 12.8 Å². The second kappa shape index (κ2) is 7.02. The molecule has 23 heavy (non-hydrogen) atoms. The molecule has 1 spiro atoms. The lowest BCUT2D eigenvalue weighted by atomic mass is 9.90. The maximum Gasteiger partial charge on any atom is 0.315 e. The molecule has 0 unspecified atom stereocenters. The van der Waals surface area contributed by atoms with E-state index in [0.717, 1.165) is 36.5 Å². The molecule has 1 saturated heterocycles. The van der Waals surface area contributed by atoms with Crippen molar-refractivity contribution in [2.75, 3.05) is 32.2 Å². The Balaban J connectivity index is 1.39. The van der Waals surface area contributed by atoms with Crippen molar-refractivity contribution in [3.63, 3.8) is 0 Å². The van der Waals surface area contributed by atoms with Crippen LogP contribution < -0.4 is 15.5 Å². The molecule has 2 heterocycles. The molecule has 0 bridgehead atoms. The summed E-state index contributed by atoms with van der Waals surface area (Å²) in [4.78, 5) is 18.4. The number of nitrogens with one attached hydrogen (secondary N) is 2. The van der Waals surface area contributed by atoms with Crippen LogP contribution in [0.5, 0.6) is 0 Å². The topological polar surface area (TPSA) is 75.7 Å². The van der Waals surface area contributed by atoms with Gasteiger partial charge in [-0.1, -0.05) is 0 Å². The van der Waals surface area contributed by atoms with Crippen LogP contribution >= 0.6 is 11.3 Å². The summed E-state index contributed by atoms with van der Waals surface area (Å²) >= 11 is 1.57. The van der Waals surface area contributed by atoms with Gasteiger partial charge < -0.3 is 25.0 Å². The lowest BCUT2D eigenvalue weighted by molar-refractivity contribution is -0.179. The van der Waals surface area contributed by atoms with Crippen LogP contribution in [0, 0.1) is 0 Å². The van der Waals surface area contributed by atoms with Crippen molar-refractivity contribution in [2.45, 2.75) is 44.1 Å². The van der Waals surface area contributed by atoms with E-state index in [1.165, 1.54) is 0 Å². The van der Waals surface area contributed by atoms with Crippen LogP contribution in [0.2, 0.25) is 0 Å². The Bertz CT molecular complexity index is 533. The molecule has 2 N–H and O–H groups in total. The zero-order valence-corrected chi connectivity index (χ0v) is 14.4. The number of carbonyl (C=O) groups is 1. The Kier molecular flexibility index (Phi) is 5.03. The average molecular weight is 340 g/mol. The predicted molar refractivity (Wildman–Crippen MR) is 88.7 cm³/mol. The summed E-state index contributed by atoms with van der Waals surface area (Å²) in [6, 6.07) is 0.0415. The molecule has 128 valence electrons. The van der Waals surface area contributed by atoms with Gasteiger partial charge in [0.05, 0.1) is 25.5 Å². The maximum absolute atomic E-state index is 12.0. The number of ether oxygens (including phenoxy) is 2. The fourth-order valence-corrected chi connectivity index (χ4v) is 3.74. The van der Waals surface area contributed by atoms with Crippen LogP contribution in [-0.2, 0) is 16.0 Å². The van der Waals surface area contributed by atoms with Crippen molar-refractivity contribution in [1.29, 1.82) is 0 Å². The highest BCUT2D eigenvalue weighted by Crippen LogP contribution is 2.35. The van der Waals surface area contributed by atoms with Gasteiger partial charge in [-0.3, -0.25) is 0 Å². The van der Waals surface area contributed by atoms with Crippen molar-refractivity contribution >= 4 is 22.5 Å². The van der Waals surface area contributed by atoms with E-state index in [0.29, 0.717) is 19.8 Å². The Labute approximate surface area is 140 Å². The quantitative estimate of drug-likeness (QED) is 0.872. The zero-order valence-electron chi connectivity index (χ0n) is 13.6. The molecule has 1 aromatic rings. The van der Waals surface area contributed by atoms with Gasteiger partial charge in [0, 0.05) is 38.4 Å². The minimum absolute atomic E-state index is 0.140. The van der Waals surface area contributed by atoms with Gasteiger partial charge in [0.2, 0.25) is 0 Å². The molecule has 1 aromatic heterocycles. The van der Waals surface area contributed by atoms with Crippen LogP contribution in [0.25, 0.3) is 0 Å². The molecule has 2 aliphatic rings. The predicted octanol–water partition coefficient (Wildman–Crippen LogP) is 1.69. The van der Waals surface area contributed by atoms with E-state index >= 15 is 0 Å². The highest BCUT2D eigenvalue weighted by Gasteiger charge is 2.40. The third-order valence-electron chi connectivity index (χ3n) is 4.25. The third-order valence-corrected chi connectivity index (χ3v) is 5.31. The first kappa shape index (κ1) is 16.5. The van der Waals surface area contributed by atoms with Gasteiger partial charge in [0.15, 0.2) is 10.9 Å². The lowest BCUT2D eigenvalue weighted by Crippen LogP contribution is -2.47. The largest absolute Gasteiger partial charge is 0.354 e. The van der Waals surface area contributed by atoms with Crippen LogP contribution in [0.3, 0.4) is 0 Å². The second-order valence-corrected chi connectivity index (χ2v) is 7.06. The van der Waals surface area contributed by atoms with E-state index in [9.17, 15) is 4.79 Å². The summed E-state index contributed by atoms with van der Waals surface area (Å²) in [6.45, 7) is 1.81. The minimum Gasteiger partial charge on any atom is -0.354 e. The number of aromatic nitrogens is 1. The highest BCUT2D eigenvalue weighted by molar-refractivity contribution is 7.13. The lowest BCUT2D eigenvalue weighted by Gasteiger charge is -2.35. The Morgan fingerprint density at radius 3 is 2.70 bits per heavy atom. The van der Waals surface area contributed by atoms with Crippen molar-refractivity contribution in [2.24, 2.45) is 0 Å². The van der Waals surface area contributed by atoms with Gasteiger partial charge in [-0.25, -0.2) is 9.78 Å². The van der Waals surface area contributed by atoms with E-state index in [4.69, 9.17) is 9.47 Å². The number of amides is 2. The number of urea groups is 1. The van der Waals surface area contributed by atoms with Gasteiger partial charge in [0.1, 0.15) is 0 Å². The smallest absolute Gasteiger partial charge is 0.315 e. The van der Waals surface area contributed by atoms with Crippen LogP contribution in [0.1, 0.15) is 31.4 Å². The van der Waals surface area contributed by atoms with Crippen LogP contribution in [0.4, 0.5) is 9.93 Å². The number of anilines is 1. The summed E-state index contributed by atoms with van der Waals surface area (Å²) < 4.78 is 11.4. The van der Waals surface area contributed by atoms with Crippen molar-refractivity contribution < 1.29 is 14.3 Å². The van der Waals surface area contributed by atoms with E-state index in [1.807, 2.05) is 24.4 Å². The first-order valence-corrected chi connectivity index (χ1v) is 8.88. The maximum atomic E-state index is 12.0. The number of hydrogen-bond acceptors (Lipinski definition) is 6. The molecule has 1 aliphatic heterocycles. The van der Waals surface area contributed by atoms with Crippen LogP contribution in [-0.4, -0.2) is 50.2 Å². The third kappa shape index (κ3) is 4.13. The van der Waals surface area contributed by atoms with E-state index < -0.39 is 0 Å². The fraction of sp³-hybridized carbons (Fsp3) is 0.733. The summed E-state index contributed by atoms with van der Waals surface area (Å²) in [5.74, 6) is -0.377. The Morgan fingerprint density at radius 1 is 1.39 bits per heavy atom. The van der Waals surface area contributed by atoms with Gasteiger partial charge >= 0.3 is 6.03 Å². The molecule has 3 rings (SSSR count). The number of carbonyl (C=O) groups excluding carboxylic acids is 1. The molecule has 7 nitrogen and oxygen atoms in total. The molecule has 8 heteroatoms. The molecule has 0 atom stereocenters. The zero-order chi connectivity index (χ0) is 16.3.